The molecule has 0 radical (unpaired) electrons. The van der Waals surface area contributed by atoms with Crippen molar-refractivity contribution < 1.29 is 13.9 Å². The average molecular weight is 250 g/mol. The standard InChI is InChI=1S/C12H23FO2S/c1-9(2)11(12(14)15-4)16-8-6-5-7-10(3)13/h9-11H,5-8H2,1-4H3. The SMILES string of the molecule is COC(=O)C(SCCCCC(C)F)C(C)C. The van der Waals surface area contributed by atoms with Crippen LogP contribution in [0.1, 0.15) is 40.0 Å². The van der Waals surface area contributed by atoms with Gasteiger partial charge in [0.2, 0.25) is 0 Å². The van der Waals surface area contributed by atoms with E-state index in [0.29, 0.717) is 6.42 Å². The number of esters is 1. The molecular formula is C12H23FO2S. The Balaban J connectivity index is 3.73. The topological polar surface area (TPSA) is 26.3 Å². The van der Waals surface area contributed by atoms with Crippen LogP contribution in [0.5, 0.6) is 0 Å². The van der Waals surface area contributed by atoms with Crippen LogP contribution in [0.2, 0.25) is 0 Å². The maximum atomic E-state index is 12.5. The Kier molecular flexibility index (Phi) is 8.71. The zero-order valence-electron chi connectivity index (χ0n) is 10.7. The van der Waals surface area contributed by atoms with Gasteiger partial charge in [0, 0.05) is 0 Å². The van der Waals surface area contributed by atoms with E-state index in [9.17, 15) is 9.18 Å². The normalized spacial score (nSPS) is 14.9. The van der Waals surface area contributed by atoms with Gasteiger partial charge in [-0.3, -0.25) is 4.79 Å². The molecule has 0 saturated heterocycles. The van der Waals surface area contributed by atoms with Crippen molar-refractivity contribution in [3.8, 4) is 0 Å². The highest BCUT2D eigenvalue weighted by Crippen LogP contribution is 2.22. The molecule has 0 aliphatic rings. The van der Waals surface area contributed by atoms with Crippen LogP contribution in [-0.2, 0) is 9.53 Å². The third kappa shape index (κ3) is 7.09. The Morgan fingerprint density at radius 2 is 1.94 bits per heavy atom. The molecule has 2 unspecified atom stereocenters. The maximum absolute atomic E-state index is 12.5. The fraction of sp³-hybridized carbons (Fsp3) is 0.917. The van der Waals surface area contributed by atoms with Crippen LogP contribution in [0.15, 0.2) is 0 Å². The molecular weight excluding hydrogens is 227 g/mol. The summed E-state index contributed by atoms with van der Waals surface area (Å²) in [5.74, 6) is 1.02. The molecule has 4 heteroatoms. The Bertz CT molecular complexity index is 195. The molecule has 2 nitrogen and oxygen atoms in total. The number of hydrogen-bond donors (Lipinski definition) is 0. The first-order valence-corrected chi connectivity index (χ1v) is 6.87. The summed E-state index contributed by atoms with van der Waals surface area (Å²) in [5.41, 5.74) is 0. The molecule has 0 heterocycles. The lowest BCUT2D eigenvalue weighted by molar-refractivity contribution is -0.140. The summed E-state index contributed by atoms with van der Waals surface area (Å²) >= 11 is 1.62. The van der Waals surface area contributed by atoms with Crippen LogP contribution in [-0.4, -0.2) is 30.3 Å². The van der Waals surface area contributed by atoms with Gasteiger partial charge in [-0.1, -0.05) is 13.8 Å². The van der Waals surface area contributed by atoms with Crippen molar-refractivity contribution >= 4 is 17.7 Å². The zero-order chi connectivity index (χ0) is 12.6. The van der Waals surface area contributed by atoms with Crippen LogP contribution >= 0.6 is 11.8 Å². The van der Waals surface area contributed by atoms with Crippen molar-refractivity contribution in [3.63, 3.8) is 0 Å². The molecule has 0 spiro atoms. The van der Waals surface area contributed by atoms with Crippen molar-refractivity contribution in [1.82, 2.24) is 0 Å². The molecule has 0 aliphatic heterocycles. The number of carbonyl (C=O) groups excluding carboxylic acids is 1. The minimum Gasteiger partial charge on any atom is -0.468 e. The molecule has 0 saturated carbocycles. The van der Waals surface area contributed by atoms with Crippen molar-refractivity contribution in [1.29, 1.82) is 0 Å². The number of halogens is 1. The smallest absolute Gasteiger partial charge is 0.319 e. The van der Waals surface area contributed by atoms with Crippen molar-refractivity contribution in [2.45, 2.75) is 51.5 Å². The van der Waals surface area contributed by atoms with E-state index in [4.69, 9.17) is 4.74 Å². The number of hydrogen-bond acceptors (Lipinski definition) is 3. The summed E-state index contributed by atoms with van der Waals surface area (Å²) in [5, 5.41) is -0.0900. The van der Waals surface area contributed by atoms with E-state index < -0.39 is 6.17 Å². The molecule has 0 fully saturated rings. The molecule has 0 aliphatic carbocycles. The van der Waals surface area contributed by atoms with Crippen molar-refractivity contribution in [3.05, 3.63) is 0 Å². The van der Waals surface area contributed by atoms with Crippen LogP contribution in [0, 0.1) is 5.92 Å². The van der Waals surface area contributed by atoms with Gasteiger partial charge < -0.3 is 4.74 Å². The molecule has 0 rings (SSSR count). The molecule has 96 valence electrons. The predicted octanol–water partition coefficient (Wildman–Crippen LogP) is 3.45. The van der Waals surface area contributed by atoms with Gasteiger partial charge in [-0.05, 0) is 37.9 Å². The fourth-order valence-corrected chi connectivity index (χ4v) is 2.63. The van der Waals surface area contributed by atoms with E-state index in [0.717, 1.165) is 18.6 Å². The minimum atomic E-state index is -0.716. The van der Waals surface area contributed by atoms with Gasteiger partial charge in [0.1, 0.15) is 5.25 Å². The number of methoxy groups -OCH3 is 1. The van der Waals surface area contributed by atoms with Crippen LogP contribution in [0.3, 0.4) is 0 Å². The van der Waals surface area contributed by atoms with Gasteiger partial charge in [0.25, 0.3) is 0 Å². The first kappa shape index (κ1) is 15.8. The molecule has 0 aromatic carbocycles. The molecule has 2 atom stereocenters. The second-order valence-electron chi connectivity index (χ2n) is 4.34. The number of alkyl halides is 1. The second kappa shape index (κ2) is 8.85. The lowest BCUT2D eigenvalue weighted by Gasteiger charge is -2.17. The molecule has 0 amide bonds. The second-order valence-corrected chi connectivity index (χ2v) is 5.58. The maximum Gasteiger partial charge on any atom is 0.319 e. The molecule has 0 aromatic rings. The number of ether oxygens (including phenoxy) is 1. The Morgan fingerprint density at radius 3 is 2.38 bits per heavy atom. The first-order chi connectivity index (χ1) is 7.49. The zero-order valence-corrected chi connectivity index (χ0v) is 11.5. The van der Waals surface area contributed by atoms with Gasteiger partial charge in [0.05, 0.1) is 13.3 Å². The first-order valence-electron chi connectivity index (χ1n) is 5.82. The lowest BCUT2D eigenvalue weighted by atomic mass is 10.1. The number of thioether (sulfide) groups is 1. The quantitative estimate of drug-likeness (QED) is 0.487. The van der Waals surface area contributed by atoms with E-state index >= 15 is 0 Å². The molecule has 0 bridgehead atoms. The van der Waals surface area contributed by atoms with Crippen LogP contribution < -0.4 is 0 Å². The molecule has 0 aromatic heterocycles. The predicted molar refractivity (Wildman–Crippen MR) is 67.5 cm³/mol. The summed E-state index contributed by atoms with van der Waals surface area (Å²) in [6.45, 7) is 5.61. The average Bonchev–Trinajstić information content (AvgIpc) is 2.21. The highest BCUT2D eigenvalue weighted by molar-refractivity contribution is 8.00. The van der Waals surface area contributed by atoms with Crippen molar-refractivity contribution in [2.24, 2.45) is 5.92 Å². The van der Waals surface area contributed by atoms with E-state index in [1.807, 2.05) is 13.8 Å². The molecule has 0 N–H and O–H groups in total. The fourth-order valence-electron chi connectivity index (χ4n) is 1.39. The van der Waals surface area contributed by atoms with Crippen LogP contribution in [0.4, 0.5) is 4.39 Å². The van der Waals surface area contributed by atoms with Crippen LogP contribution in [0.25, 0.3) is 0 Å². The number of rotatable bonds is 8. The van der Waals surface area contributed by atoms with Gasteiger partial charge in [-0.2, -0.15) is 0 Å². The lowest BCUT2D eigenvalue weighted by Crippen LogP contribution is -2.24. The summed E-state index contributed by atoms with van der Waals surface area (Å²) in [6.07, 6.45) is 1.74. The van der Waals surface area contributed by atoms with Gasteiger partial charge in [-0.15, -0.1) is 11.8 Å². The third-order valence-electron chi connectivity index (χ3n) is 2.33. The van der Waals surface area contributed by atoms with Gasteiger partial charge >= 0.3 is 5.97 Å². The Hall–Kier alpha value is -0.250. The van der Waals surface area contributed by atoms with Gasteiger partial charge in [0.15, 0.2) is 0 Å². The Labute approximate surface area is 102 Å². The van der Waals surface area contributed by atoms with E-state index in [1.54, 1.807) is 18.7 Å². The third-order valence-corrected chi connectivity index (χ3v) is 3.95. The molecule has 16 heavy (non-hydrogen) atoms. The van der Waals surface area contributed by atoms with E-state index in [1.165, 1.54) is 7.11 Å². The van der Waals surface area contributed by atoms with E-state index in [2.05, 4.69) is 0 Å². The highest BCUT2D eigenvalue weighted by Gasteiger charge is 2.22. The van der Waals surface area contributed by atoms with E-state index in [-0.39, 0.29) is 17.1 Å². The Morgan fingerprint density at radius 1 is 1.31 bits per heavy atom. The van der Waals surface area contributed by atoms with Crippen molar-refractivity contribution in [2.75, 3.05) is 12.9 Å². The summed E-state index contributed by atoms with van der Waals surface area (Å²) in [6, 6.07) is 0. The monoisotopic (exact) mass is 250 g/mol. The summed E-state index contributed by atoms with van der Waals surface area (Å²) in [7, 11) is 1.42. The van der Waals surface area contributed by atoms with Gasteiger partial charge in [-0.25, -0.2) is 4.39 Å². The summed E-state index contributed by atoms with van der Waals surface area (Å²) in [4.78, 5) is 11.4. The minimum absolute atomic E-state index is 0.0900. The number of carbonyl (C=O) groups is 1. The summed E-state index contributed by atoms with van der Waals surface area (Å²) < 4.78 is 17.3. The highest BCUT2D eigenvalue weighted by atomic mass is 32.2. The number of unbranched alkanes of at least 4 members (excludes halogenated alkanes) is 1. The largest absolute Gasteiger partial charge is 0.468 e.